The van der Waals surface area contributed by atoms with Gasteiger partial charge in [0.15, 0.2) is 0 Å². The van der Waals surface area contributed by atoms with E-state index in [1.54, 1.807) is 4.90 Å². The number of carbonyl (C=O) groups excluding carboxylic acids is 2. The Hall–Kier alpha value is -2.82. The number of rotatable bonds is 5. The maximum atomic E-state index is 12.1. The first-order chi connectivity index (χ1) is 12.1. The van der Waals surface area contributed by atoms with Crippen LogP contribution in [-0.2, 0) is 11.2 Å². The molecule has 1 fully saturated rings. The minimum atomic E-state index is -0.0683. The number of amides is 3. The van der Waals surface area contributed by atoms with Crippen molar-refractivity contribution >= 4 is 23.3 Å². The summed E-state index contributed by atoms with van der Waals surface area (Å²) in [5, 5.41) is 5.74. The lowest BCUT2D eigenvalue weighted by atomic mass is 10.1. The second kappa shape index (κ2) is 7.83. The van der Waals surface area contributed by atoms with Crippen molar-refractivity contribution in [2.24, 2.45) is 0 Å². The summed E-state index contributed by atoms with van der Waals surface area (Å²) in [6, 6.07) is 15.5. The molecule has 1 saturated heterocycles. The lowest BCUT2D eigenvalue weighted by Crippen LogP contribution is -2.46. The molecule has 0 unspecified atom stereocenters. The molecule has 5 nitrogen and oxygen atoms in total. The number of hydrogen-bond donors (Lipinski definition) is 2. The molecule has 0 bridgehead atoms. The van der Waals surface area contributed by atoms with Crippen molar-refractivity contribution in [1.82, 2.24) is 5.32 Å². The fraction of sp³-hybridized carbons (Fsp3) is 0.300. The Morgan fingerprint density at radius 1 is 1.20 bits per heavy atom. The number of hydrogen-bond acceptors (Lipinski definition) is 2. The minimum Gasteiger partial charge on any atom is -0.338 e. The van der Waals surface area contributed by atoms with Gasteiger partial charge in [-0.1, -0.05) is 29.8 Å². The highest BCUT2D eigenvalue weighted by Gasteiger charge is 2.18. The SMILES string of the molecule is Cc1cccc(CCC(=O)Nc2ccc(N3CCCNC3=O)cc2)c1. The molecule has 2 N–H and O–H groups in total. The molecule has 130 valence electrons. The van der Waals surface area contributed by atoms with Gasteiger partial charge in [-0.05, 0) is 49.6 Å². The summed E-state index contributed by atoms with van der Waals surface area (Å²) in [4.78, 5) is 25.7. The van der Waals surface area contributed by atoms with Gasteiger partial charge in [-0.15, -0.1) is 0 Å². The van der Waals surface area contributed by atoms with Crippen LogP contribution >= 0.6 is 0 Å². The fourth-order valence-electron chi connectivity index (χ4n) is 2.95. The first-order valence-corrected chi connectivity index (χ1v) is 8.63. The highest BCUT2D eigenvalue weighted by atomic mass is 16.2. The number of benzene rings is 2. The predicted molar refractivity (Wildman–Crippen MR) is 99.9 cm³/mol. The van der Waals surface area contributed by atoms with Crippen molar-refractivity contribution in [2.75, 3.05) is 23.3 Å². The second-order valence-electron chi connectivity index (χ2n) is 6.32. The average Bonchev–Trinajstić information content (AvgIpc) is 2.61. The van der Waals surface area contributed by atoms with E-state index in [0.717, 1.165) is 30.8 Å². The zero-order valence-corrected chi connectivity index (χ0v) is 14.4. The van der Waals surface area contributed by atoms with E-state index in [0.29, 0.717) is 13.0 Å². The van der Waals surface area contributed by atoms with E-state index in [1.807, 2.05) is 49.4 Å². The van der Waals surface area contributed by atoms with Gasteiger partial charge in [0.2, 0.25) is 5.91 Å². The van der Waals surface area contributed by atoms with Crippen molar-refractivity contribution in [3.63, 3.8) is 0 Å². The molecule has 2 aromatic rings. The maximum absolute atomic E-state index is 12.1. The minimum absolute atomic E-state index is 0.00929. The number of aryl methyl sites for hydroxylation is 2. The van der Waals surface area contributed by atoms with E-state index in [4.69, 9.17) is 0 Å². The summed E-state index contributed by atoms with van der Waals surface area (Å²) in [5.41, 5.74) is 3.96. The van der Waals surface area contributed by atoms with Crippen LogP contribution in [0.1, 0.15) is 24.0 Å². The standard InChI is InChI=1S/C20H23N3O2/c1-15-4-2-5-16(14-15)6-11-19(24)22-17-7-9-18(10-8-17)23-13-3-12-21-20(23)25/h2,4-5,7-10,14H,3,6,11-13H2,1H3,(H,21,25)(H,22,24). The van der Waals surface area contributed by atoms with Crippen LogP contribution in [0.4, 0.5) is 16.2 Å². The smallest absolute Gasteiger partial charge is 0.321 e. The van der Waals surface area contributed by atoms with Crippen LogP contribution in [0.15, 0.2) is 48.5 Å². The monoisotopic (exact) mass is 337 g/mol. The van der Waals surface area contributed by atoms with Crippen LogP contribution in [0.3, 0.4) is 0 Å². The molecular formula is C20H23N3O2. The first-order valence-electron chi connectivity index (χ1n) is 8.63. The average molecular weight is 337 g/mol. The Kier molecular flexibility index (Phi) is 5.33. The summed E-state index contributed by atoms with van der Waals surface area (Å²) in [7, 11) is 0. The molecule has 5 heteroatoms. The molecule has 3 amide bonds. The molecule has 0 atom stereocenters. The number of nitrogens with zero attached hydrogens (tertiary/aromatic N) is 1. The van der Waals surface area contributed by atoms with Crippen molar-refractivity contribution in [2.45, 2.75) is 26.2 Å². The highest BCUT2D eigenvalue weighted by molar-refractivity contribution is 5.94. The molecule has 1 heterocycles. The highest BCUT2D eigenvalue weighted by Crippen LogP contribution is 2.20. The van der Waals surface area contributed by atoms with Crippen molar-refractivity contribution < 1.29 is 9.59 Å². The Morgan fingerprint density at radius 2 is 2.00 bits per heavy atom. The Morgan fingerprint density at radius 3 is 2.72 bits per heavy atom. The van der Waals surface area contributed by atoms with Gasteiger partial charge in [0.1, 0.15) is 0 Å². The van der Waals surface area contributed by atoms with Gasteiger partial charge in [0.05, 0.1) is 0 Å². The summed E-state index contributed by atoms with van der Waals surface area (Å²) >= 11 is 0. The van der Waals surface area contributed by atoms with Crippen LogP contribution in [0.2, 0.25) is 0 Å². The van der Waals surface area contributed by atoms with Gasteiger partial charge in [0, 0.05) is 30.9 Å². The number of anilines is 2. The molecule has 3 rings (SSSR count). The lowest BCUT2D eigenvalue weighted by Gasteiger charge is -2.27. The van der Waals surface area contributed by atoms with Crippen molar-refractivity contribution in [3.8, 4) is 0 Å². The number of urea groups is 1. The third-order valence-corrected chi connectivity index (χ3v) is 4.27. The molecule has 0 radical (unpaired) electrons. The molecule has 0 saturated carbocycles. The lowest BCUT2D eigenvalue weighted by molar-refractivity contribution is -0.116. The molecule has 0 aromatic heterocycles. The molecule has 1 aliphatic rings. The molecular weight excluding hydrogens is 314 g/mol. The van der Waals surface area contributed by atoms with Crippen LogP contribution in [0.5, 0.6) is 0 Å². The molecule has 25 heavy (non-hydrogen) atoms. The van der Waals surface area contributed by atoms with Gasteiger partial charge in [0.25, 0.3) is 0 Å². The third kappa shape index (κ3) is 4.59. The van der Waals surface area contributed by atoms with E-state index >= 15 is 0 Å². The zero-order valence-electron chi connectivity index (χ0n) is 14.4. The summed E-state index contributed by atoms with van der Waals surface area (Å²) in [6.07, 6.45) is 2.10. The summed E-state index contributed by atoms with van der Waals surface area (Å²) < 4.78 is 0. The van der Waals surface area contributed by atoms with E-state index in [1.165, 1.54) is 11.1 Å². The molecule has 0 aliphatic carbocycles. The van der Waals surface area contributed by atoms with Crippen molar-refractivity contribution in [3.05, 3.63) is 59.7 Å². The largest absolute Gasteiger partial charge is 0.338 e. The van der Waals surface area contributed by atoms with E-state index in [2.05, 4.69) is 16.7 Å². The fourth-order valence-corrected chi connectivity index (χ4v) is 2.95. The van der Waals surface area contributed by atoms with E-state index < -0.39 is 0 Å². The van der Waals surface area contributed by atoms with Gasteiger partial charge in [-0.3, -0.25) is 9.69 Å². The topological polar surface area (TPSA) is 61.4 Å². The van der Waals surface area contributed by atoms with Crippen LogP contribution in [-0.4, -0.2) is 25.0 Å². The number of nitrogens with one attached hydrogen (secondary N) is 2. The van der Waals surface area contributed by atoms with E-state index in [9.17, 15) is 9.59 Å². The summed E-state index contributed by atoms with van der Waals surface area (Å²) in [6.45, 7) is 3.49. The quantitative estimate of drug-likeness (QED) is 0.877. The number of carbonyl (C=O) groups is 2. The molecule has 1 aliphatic heterocycles. The van der Waals surface area contributed by atoms with Gasteiger partial charge in [-0.2, -0.15) is 0 Å². The molecule has 2 aromatic carbocycles. The first kappa shape index (κ1) is 17.0. The Balaban J connectivity index is 1.54. The van der Waals surface area contributed by atoms with Crippen LogP contribution < -0.4 is 15.5 Å². The maximum Gasteiger partial charge on any atom is 0.321 e. The zero-order chi connectivity index (χ0) is 17.6. The van der Waals surface area contributed by atoms with Gasteiger partial charge in [-0.25, -0.2) is 4.79 Å². The Labute approximate surface area is 148 Å². The predicted octanol–water partition coefficient (Wildman–Crippen LogP) is 3.49. The van der Waals surface area contributed by atoms with Crippen LogP contribution in [0, 0.1) is 6.92 Å². The molecule has 0 spiro atoms. The third-order valence-electron chi connectivity index (χ3n) is 4.27. The van der Waals surface area contributed by atoms with E-state index in [-0.39, 0.29) is 11.9 Å². The van der Waals surface area contributed by atoms with Crippen molar-refractivity contribution in [1.29, 1.82) is 0 Å². The summed E-state index contributed by atoms with van der Waals surface area (Å²) in [5.74, 6) is -0.00929. The van der Waals surface area contributed by atoms with Crippen LogP contribution in [0.25, 0.3) is 0 Å². The van der Waals surface area contributed by atoms with Gasteiger partial charge >= 0.3 is 6.03 Å². The Bertz CT molecular complexity index is 756. The normalized spacial score (nSPS) is 14.1. The van der Waals surface area contributed by atoms with Gasteiger partial charge < -0.3 is 10.6 Å². The second-order valence-corrected chi connectivity index (χ2v) is 6.32.